The van der Waals surface area contributed by atoms with Gasteiger partial charge in [0.05, 0.1) is 29.7 Å². The fourth-order valence-electron chi connectivity index (χ4n) is 2.81. The lowest BCUT2D eigenvalue weighted by molar-refractivity contribution is -0.384. The van der Waals surface area contributed by atoms with Crippen LogP contribution in [-0.2, 0) is 11.3 Å². The van der Waals surface area contributed by atoms with E-state index in [9.17, 15) is 14.9 Å². The van der Waals surface area contributed by atoms with Crippen molar-refractivity contribution in [1.29, 1.82) is 0 Å². The summed E-state index contributed by atoms with van der Waals surface area (Å²) in [6.07, 6.45) is 1.50. The lowest BCUT2D eigenvalue weighted by Crippen LogP contribution is -2.20. The van der Waals surface area contributed by atoms with Crippen LogP contribution in [0.25, 0.3) is 11.0 Å². The molecule has 0 bridgehead atoms. The van der Waals surface area contributed by atoms with Crippen LogP contribution < -0.4 is 14.8 Å². The Morgan fingerprint density at radius 2 is 1.80 bits per heavy atom. The maximum absolute atomic E-state index is 12.6. The zero-order valence-electron chi connectivity index (χ0n) is 16.8. The summed E-state index contributed by atoms with van der Waals surface area (Å²) in [5.41, 5.74) is 1.10. The number of hydrogen-bond donors (Lipinski definition) is 1. The van der Waals surface area contributed by atoms with E-state index in [1.165, 1.54) is 16.8 Å². The van der Waals surface area contributed by atoms with E-state index in [4.69, 9.17) is 9.47 Å². The molecule has 1 heterocycles. The Morgan fingerprint density at radius 3 is 2.47 bits per heavy atom. The maximum Gasteiger partial charge on any atom is 0.296 e. The van der Waals surface area contributed by atoms with E-state index in [2.05, 4.69) is 15.6 Å². The summed E-state index contributed by atoms with van der Waals surface area (Å²) in [7, 11) is 0. The average molecular weight is 413 g/mol. The van der Waals surface area contributed by atoms with Gasteiger partial charge in [0.2, 0.25) is 5.91 Å². The molecule has 0 aliphatic carbocycles. The minimum atomic E-state index is -0.567. The summed E-state index contributed by atoms with van der Waals surface area (Å²) in [6, 6.07) is 9.93. The van der Waals surface area contributed by atoms with Crippen molar-refractivity contribution in [3.05, 3.63) is 46.5 Å². The van der Waals surface area contributed by atoms with Crippen LogP contribution in [-0.4, -0.2) is 39.0 Å². The number of nitrogens with zero attached hydrogens (tertiary/aromatic N) is 4. The SMILES string of the molecule is CCCOc1cc(NC(=O)Cn2nnc3ccccc32)c([N+](=O)[O-])cc1OCCC. The first-order valence-electron chi connectivity index (χ1n) is 9.69. The third-order valence-corrected chi connectivity index (χ3v) is 4.17. The number of nitro benzene ring substituents is 1. The van der Waals surface area contributed by atoms with Gasteiger partial charge in [-0.05, 0) is 25.0 Å². The summed E-state index contributed by atoms with van der Waals surface area (Å²) in [5, 5.41) is 22.1. The average Bonchev–Trinajstić information content (AvgIpc) is 3.13. The number of ether oxygens (including phenoxy) is 2. The van der Waals surface area contributed by atoms with Crippen molar-refractivity contribution in [3.63, 3.8) is 0 Å². The molecule has 0 atom stereocenters. The number of nitrogens with one attached hydrogen (secondary N) is 1. The molecule has 0 fully saturated rings. The largest absolute Gasteiger partial charge is 0.490 e. The van der Waals surface area contributed by atoms with Gasteiger partial charge in [0, 0.05) is 6.07 Å². The molecule has 0 aliphatic rings. The first kappa shape index (κ1) is 21.0. The van der Waals surface area contributed by atoms with Gasteiger partial charge in [0.15, 0.2) is 11.5 Å². The van der Waals surface area contributed by atoms with E-state index in [0.29, 0.717) is 30.0 Å². The van der Waals surface area contributed by atoms with Gasteiger partial charge >= 0.3 is 0 Å². The summed E-state index contributed by atoms with van der Waals surface area (Å²) in [4.78, 5) is 23.6. The Bertz CT molecular complexity index is 1050. The van der Waals surface area contributed by atoms with Gasteiger partial charge in [-0.15, -0.1) is 5.10 Å². The highest BCUT2D eigenvalue weighted by Gasteiger charge is 2.22. The van der Waals surface area contributed by atoms with Crippen molar-refractivity contribution in [1.82, 2.24) is 15.0 Å². The van der Waals surface area contributed by atoms with Crippen LogP contribution in [0.1, 0.15) is 26.7 Å². The molecule has 10 nitrogen and oxygen atoms in total. The number of amides is 1. The number of hydrogen-bond acceptors (Lipinski definition) is 7. The normalized spacial score (nSPS) is 10.7. The van der Waals surface area contributed by atoms with E-state index >= 15 is 0 Å². The fraction of sp³-hybridized carbons (Fsp3) is 0.350. The van der Waals surface area contributed by atoms with E-state index < -0.39 is 10.8 Å². The number of aromatic nitrogens is 3. The zero-order valence-corrected chi connectivity index (χ0v) is 16.8. The predicted molar refractivity (Wildman–Crippen MR) is 111 cm³/mol. The maximum atomic E-state index is 12.6. The van der Waals surface area contributed by atoms with E-state index in [1.54, 1.807) is 12.1 Å². The Morgan fingerprint density at radius 1 is 1.13 bits per heavy atom. The second-order valence-electron chi connectivity index (χ2n) is 6.55. The molecule has 30 heavy (non-hydrogen) atoms. The molecule has 0 radical (unpaired) electrons. The minimum absolute atomic E-state index is 0.0318. The summed E-state index contributed by atoms with van der Waals surface area (Å²) in [6.45, 7) is 4.55. The second kappa shape index (κ2) is 9.68. The molecule has 0 spiro atoms. The van der Waals surface area contributed by atoms with E-state index in [-0.39, 0.29) is 23.7 Å². The number of benzene rings is 2. The van der Waals surface area contributed by atoms with Crippen LogP contribution in [0.5, 0.6) is 11.5 Å². The molecule has 1 amide bonds. The molecule has 3 aromatic rings. The fourth-order valence-corrected chi connectivity index (χ4v) is 2.81. The highest BCUT2D eigenvalue weighted by Crippen LogP contribution is 2.38. The van der Waals surface area contributed by atoms with Gasteiger partial charge in [0.1, 0.15) is 17.7 Å². The molecule has 0 aliphatic heterocycles. The van der Waals surface area contributed by atoms with Gasteiger partial charge in [0.25, 0.3) is 5.69 Å². The van der Waals surface area contributed by atoms with Gasteiger partial charge in [-0.25, -0.2) is 4.68 Å². The van der Waals surface area contributed by atoms with Crippen molar-refractivity contribution in [3.8, 4) is 11.5 Å². The Labute approximate surface area is 172 Å². The molecule has 0 saturated heterocycles. The molecule has 0 saturated carbocycles. The molecule has 1 aromatic heterocycles. The summed E-state index contributed by atoms with van der Waals surface area (Å²) < 4.78 is 12.7. The molecular formula is C20H23N5O5. The first-order chi connectivity index (χ1) is 14.5. The summed E-state index contributed by atoms with van der Waals surface area (Å²) >= 11 is 0. The predicted octanol–water partition coefficient (Wildman–Crippen LogP) is 3.56. The Kier molecular flexibility index (Phi) is 6.79. The molecule has 3 rings (SSSR count). The summed E-state index contributed by atoms with van der Waals surface area (Å²) in [5.74, 6) is 0.145. The third-order valence-electron chi connectivity index (χ3n) is 4.17. The number of para-hydroxylation sites is 1. The lowest BCUT2D eigenvalue weighted by Gasteiger charge is -2.14. The number of fused-ring (bicyclic) bond motifs is 1. The topological polar surface area (TPSA) is 121 Å². The minimum Gasteiger partial charge on any atom is -0.490 e. The zero-order chi connectivity index (χ0) is 21.5. The van der Waals surface area contributed by atoms with Gasteiger partial charge in [-0.1, -0.05) is 31.2 Å². The molecule has 1 N–H and O–H groups in total. The van der Waals surface area contributed by atoms with Gasteiger partial charge < -0.3 is 14.8 Å². The third kappa shape index (κ3) is 4.83. The van der Waals surface area contributed by atoms with E-state index in [1.807, 2.05) is 26.0 Å². The monoisotopic (exact) mass is 413 g/mol. The van der Waals surface area contributed by atoms with Crippen LogP contribution in [0.3, 0.4) is 0 Å². The van der Waals surface area contributed by atoms with Crippen molar-refractivity contribution >= 4 is 28.3 Å². The highest BCUT2D eigenvalue weighted by atomic mass is 16.6. The van der Waals surface area contributed by atoms with Crippen molar-refractivity contribution in [2.24, 2.45) is 0 Å². The molecular weight excluding hydrogens is 390 g/mol. The van der Waals surface area contributed by atoms with E-state index in [0.717, 1.165) is 12.8 Å². The number of rotatable bonds is 10. The number of carbonyl (C=O) groups excluding carboxylic acids is 1. The van der Waals surface area contributed by atoms with Crippen LogP contribution in [0.2, 0.25) is 0 Å². The number of nitro groups is 1. The standard InChI is InChI=1S/C20H23N5O5/c1-3-9-29-18-11-15(17(25(27)28)12-19(18)30-10-4-2)21-20(26)13-24-16-8-6-5-7-14(16)22-23-24/h5-8,11-12H,3-4,9-10,13H2,1-2H3,(H,21,26). The van der Waals surface area contributed by atoms with Crippen LogP contribution in [0, 0.1) is 10.1 Å². The van der Waals surface area contributed by atoms with Gasteiger partial charge in [-0.2, -0.15) is 0 Å². The van der Waals surface area contributed by atoms with Crippen molar-refractivity contribution in [2.75, 3.05) is 18.5 Å². The van der Waals surface area contributed by atoms with Crippen molar-refractivity contribution in [2.45, 2.75) is 33.2 Å². The Hall–Kier alpha value is -3.69. The molecule has 0 unspecified atom stereocenters. The molecule has 10 heteroatoms. The highest BCUT2D eigenvalue weighted by molar-refractivity contribution is 5.94. The molecule has 2 aromatic carbocycles. The van der Waals surface area contributed by atoms with Gasteiger partial charge in [-0.3, -0.25) is 14.9 Å². The number of anilines is 1. The lowest BCUT2D eigenvalue weighted by atomic mass is 10.2. The number of carbonyl (C=O) groups is 1. The van der Waals surface area contributed by atoms with Crippen LogP contribution in [0.15, 0.2) is 36.4 Å². The quantitative estimate of drug-likeness (QED) is 0.398. The second-order valence-corrected chi connectivity index (χ2v) is 6.55. The van der Waals surface area contributed by atoms with Crippen LogP contribution in [0.4, 0.5) is 11.4 Å². The Balaban J connectivity index is 1.86. The van der Waals surface area contributed by atoms with Crippen LogP contribution >= 0.6 is 0 Å². The van der Waals surface area contributed by atoms with Crippen molar-refractivity contribution < 1.29 is 19.2 Å². The smallest absolute Gasteiger partial charge is 0.296 e. The molecule has 158 valence electrons. The first-order valence-corrected chi connectivity index (χ1v) is 9.69.